The Balaban J connectivity index is 1.49. The van der Waals surface area contributed by atoms with Crippen LogP contribution in [0, 0.1) is 11.8 Å². The number of esters is 1. The fourth-order valence-electron chi connectivity index (χ4n) is 3.50. The molecule has 3 aliphatic rings. The highest BCUT2D eigenvalue weighted by molar-refractivity contribution is 6.05. The Morgan fingerprint density at radius 2 is 1.81 bits per heavy atom. The Hall–Kier alpha value is -2.71. The number of nitrogens with zero attached hydrogens (tertiary/aromatic N) is 2. The topological polar surface area (TPSA) is 113 Å². The highest BCUT2D eigenvalue weighted by Crippen LogP contribution is 2.35. The molecule has 2 saturated heterocycles. The first-order valence-corrected chi connectivity index (χ1v) is 8.69. The average molecular weight is 363 g/mol. The molecule has 0 bridgehead atoms. The lowest BCUT2D eigenvalue weighted by Gasteiger charge is -2.19. The van der Waals surface area contributed by atoms with Crippen LogP contribution in [-0.2, 0) is 23.9 Å². The zero-order valence-corrected chi connectivity index (χ0v) is 14.5. The van der Waals surface area contributed by atoms with Crippen molar-refractivity contribution >= 4 is 29.7 Å². The Morgan fingerprint density at radius 1 is 1.19 bits per heavy atom. The van der Waals surface area contributed by atoms with Crippen molar-refractivity contribution in [1.82, 2.24) is 15.1 Å². The molecule has 0 radical (unpaired) electrons. The van der Waals surface area contributed by atoms with Crippen LogP contribution < -0.4 is 5.32 Å². The minimum atomic E-state index is -1.11. The van der Waals surface area contributed by atoms with Crippen LogP contribution in [0.5, 0.6) is 0 Å². The van der Waals surface area contributed by atoms with Gasteiger partial charge < -0.3 is 10.1 Å². The number of likely N-dealkylation sites (tertiary alicyclic amines) is 1. The van der Waals surface area contributed by atoms with Crippen molar-refractivity contribution in [1.29, 1.82) is 0 Å². The highest BCUT2D eigenvalue weighted by Gasteiger charge is 2.47. The van der Waals surface area contributed by atoms with Gasteiger partial charge in [0.1, 0.15) is 0 Å². The van der Waals surface area contributed by atoms with Gasteiger partial charge in [-0.25, -0.2) is 4.79 Å². The van der Waals surface area contributed by atoms with Gasteiger partial charge in [-0.1, -0.05) is 12.2 Å². The van der Waals surface area contributed by atoms with Crippen molar-refractivity contribution in [3.63, 3.8) is 0 Å². The summed E-state index contributed by atoms with van der Waals surface area (Å²) in [4.78, 5) is 62.3. The molecule has 1 aliphatic carbocycles. The van der Waals surface area contributed by atoms with Gasteiger partial charge in [-0.2, -0.15) is 0 Å². The number of amides is 5. The molecule has 2 heterocycles. The molecule has 0 aromatic rings. The Labute approximate surface area is 150 Å². The van der Waals surface area contributed by atoms with Gasteiger partial charge in [-0.05, 0) is 19.8 Å². The maximum Gasteiger partial charge on any atom is 0.324 e. The Kier molecular flexibility index (Phi) is 5.06. The summed E-state index contributed by atoms with van der Waals surface area (Å²) in [7, 11) is 0. The number of rotatable bonds is 5. The fourth-order valence-corrected chi connectivity index (χ4v) is 3.50. The summed E-state index contributed by atoms with van der Waals surface area (Å²) in [5.41, 5.74) is 0. The van der Waals surface area contributed by atoms with Crippen molar-refractivity contribution in [2.45, 2.75) is 32.3 Å². The minimum Gasteiger partial charge on any atom is -0.452 e. The molecule has 5 amide bonds. The van der Waals surface area contributed by atoms with E-state index in [9.17, 15) is 24.0 Å². The molecule has 0 saturated carbocycles. The van der Waals surface area contributed by atoms with Gasteiger partial charge in [0.05, 0.1) is 18.3 Å². The Bertz CT molecular complexity index is 662. The fraction of sp³-hybridized carbons (Fsp3) is 0.588. The summed E-state index contributed by atoms with van der Waals surface area (Å²) in [6.45, 7) is 1.92. The number of allylic oxidation sites excluding steroid dienone is 2. The van der Waals surface area contributed by atoms with Crippen LogP contribution >= 0.6 is 0 Å². The number of ether oxygens (including phenoxy) is 1. The third-order valence-corrected chi connectivity index (χ3v) is 4.92. The van der Waals surface area contributed by atoms with E-state index >= 15 is 0 Å². The molecular weight excluding hydrogens is 342 g/mol. The summed E-state index contributed by atoms with van der Waals surface area (Å²) >= 11 is 0. The maximum absolute atomic E-state index is 12.3. The van der Waals surface area contributed by atoms with Gasteiger partial charge in [0, 0.05) is 19.6 Å². The average Bonchev–Trinajstić information content (AvgIpc) is 3.15. The van der Waals surface area contributed by atoms with E-state index in [0.29, 0.717) is 19.4 Å². The van der Waals surface area contributed by atoms with E-state index in [1.165, 1.54) is 6.92 Å². The van der Waals surface area contributed by atoms with Gasteiger partial charge in [-0.15, -0.1) is 0 Å². The van der Waals surface area contributed by atoms with Crippen molar-refractivity contribution in [2.75, 3.05) is 19.6 Å². The third kappa shape index (κ3) is 3.33. The molecule has 3 rings (SSSR count). The molecule has 0 aromatic heterocycles. The first-order valence-electron chi connectivity index (χ1n) is 8.69. The number of hydrogen-bond acceptors (Lipinski definition) is 6. The number of hydrogen-bond donors (Lipinski definition) is 1. The first kappa shape index (κ1) is 18.1. The van der Waals surface area contributed by atoms with Gasteiger partial charge in [0.25, 0.3) is 5.91 Å². The second kappa shape index (κ2) is 7.27. The molecule has 0 unspecified atom stereocenters. The number of imide groups is 2. The van der Waals surface area contributed by atoms with E-state index in [1.807, 2.05) is 12.2 Å². The monoisotopic (exact) mass is 363 g/mol. The van der Waals surface area contributed by atoms with Gasteiger partial charge in [-0.3, -0.25) is 29.0 Å². The van der Waals surface area contributed by atoms with E-state index < -0.39 is 24.0 Å². The van der Waals surface area contributed by atoms with Crippen LogP contribution in [0.25, 0.3) is 0 Å². The molecular formula is C17H21N3O6. The lowest BCUT2D eigenvalue weighted by Crippen LogP contribution is -2.42. The molecule has 26 heavy (non-hydrogen) atoms. The van der Waals surface area contributed by atoms with Crippen LogP contribution in [0.3, 0.4) is 0 Å². The maximum atomic E-state index is 12.3. The van der Waals surface area contributed by atoms with Crippen molar-refractivity contribution in [3.05, 3.63) is 12.2 Å². The van der Waals surface area contributed by atoms with Crippen LogP contribution in [0.4, 0.5) is 4.79 Å². The molecule has 1 N–H and O–H groups in total. The molecule has 9 nitrogen and oxygen atoms in total. The SMILES string of the molecule is C[C@@H](OC(=O)CCN1C(=O)[C@H]2CC=CC[C@@H]2C1=O)C(=O)N1CCNC1=O. The molecule has 2 aliphatic heterocycles. The number of urea groups is 1. The van der Waals surface area contributed by atoms with Gasteiger partial charge >= 0.3 is 12.0 Å². The Morgan fingerprint density at radius 3 is 2.35 bits per heavy atom. The van der Waals surface area contributed by atoms with E-state index in [1.54, 1.807) is 0 Å². The van der Waals surface area contributed by atoms with E-state index in [-0.39, 0.29) is 43.2 Å². The molecule has 2 fully saturated rings. The zero-order chi connectivity index (χ0) is 18.8. The number of nitrogens with one attached hydrogen (secondary N) is 1. The van der Waals surface area contributed by atoms with Crippen LogP contribution in [0.2, 0.25) is 0 Å². The molecule has 0 aromatic carbocycles. The lowest BCUT2D eigenvalue weighted by atomic mass is 9.85. The quantitative estimate of drug-likeness (QED) is 0.412. The van der Waals surface area contributed by atoms with Gasteiger partial charge in [0.15, 0.2) is 6.10 Å². The minimum absolute atomic E-state index is 0.0609. The highest BCUT2D eigenvalue weighted by atomic mass is 16.5. The second-order valence-electron chi connectivity index (χ2n) is 6.59. The molecule has 0 spiro atoms. The van der Waals surface area contributed by atoms with Gasteiger partial charge in [0.2, 0.25) is 11.8 Å². The zero-order valence-electron chi connectivity index (χ0n) is 14.5. The first-order chi connectivity index (χ1) is 12.4. The van der Waals surface area contributed by atoms with Crippen LogP contribution in [0.15, 0.2) is 12.2 Å². The molecule has 140 valence electrons. The number of carbonyl (C=O) groups excluding carboxylic acids is 5. The molecule has 3 atom stereocenters. The smallest absolute Gasteiger partial charge is 0.324 e. The lowest BCUT2D eigenvalue weighted by molar-refractivity contribution is -0.158. The van der Waals surface area contributed by atoms with E-state index in [2.05, 4.69) is 5.32 Å². The normalized spacial score (nSPS) is 26.0. The van der Waals surface area contributed by atoms with Crippen LogP contribution in [-0.4, -0.2) is 65.3 Å². The summed E-state index contributed by atoms with van der Waals surface area (Å²) in [5, 5.41) is 2.49. The largest absolute Gasteiger partial charge is 0.452 e. The van der Waals surface area contributed by atoms with E-state index in [4.69, 9.17) is 4.74 Å². The summed E-state index contributed by atoms with van der Waals surface area (Å²) < 4.78 is 5.05. The van der Waals surface area contributed by atoms with Crippen molar-refractivity contribution in [3.8, 4) is 0 Å². The standard InChI is InChI=1S/C17H21N3O6/c1-10(14(22)20-9-7-18-17(20)25)26-13(21)6-8-19-15(23)11-4-2-3-5-12(11)16(19)24/h2-3,10-12H,4-9H2,1H3,(H,18,25)/t10-,11+,12+/m1/s1. The third-order valence-electron chi connectivity index (χ3n) is 4.92. The van der Waals surface area contributed by atoms with E-state index in [0.717, 1.165) is 9.80 Å². The second-order valence-corrected chi connectivity index (χ2v) is 6.59. The van der Waals surface area contributed by atoms with Crippen molar-refractivity contribution < 1.29 is 28.7 Å². The predicted molar refractivity (Wildman–Crippen MR) is 87.4 cm³/mol. The molecule has 9 heteroatoms. The van der Waals surface area contributed by atoms with Crippen LogP contribution in [0.1, 0.15) is 26.2 Å². The predicted octanol–water partition coefficient (Wildman–Crippen LogP) is -0.189. The van der Waals surface area contributed by atoms with Crippen molar-refractivity contribution in [2.24, 2.45) is 11.8 Å². The summed E-state index contributed by atoms with van der Waals surface area (Å²) in [5.74, 6) is -2.47. The number of fused-ring (bicyclic) bond motifs is 1. The number of carbonyl (C=O) groups is 5. The summed E-state index contributed by atoms with van der Waals surface area (Å²) in [6.07, 6.45) is 3.58. The summed E-state index contributed by atoms with van der Waals surface area (Å²) in [6, 6.07) is -0.512.